The summed E-state index contributed by atoms with van der Waals surface area (Å²) in [4.78, 5) is 14.1. The molecule has 2 saturated heterocycles. The molecule has 3 heteroatoms. The van der Waals surface area contributed by atoms with E-state index >= 15 is 0 Å². The fourth-order valence-electron chi connectivity index (χ4n) is 3.06. The number of carbonyl (C=O) groups is 1. The van der Waals surface area contributed by atoms with Crippen LogP contribution >= 0.6 is 0 Å². The molecule has 104 valence electrons. The zero-order chi connectivity index (χ0) is 13.0. The summed E-state index contributed by atoms with van der Waals surface area (Å²) in [5, 5.41) is 3.53. The summed E-state index contributed by atoms with van der Waals surface area (Å²) in [6.45, 7) is 7.68. The third kappa shape index (κ3) is 3.98. The molecule has 1 amide bonds. The van der Waals surface area contributed by atoms with Crippen molar-refractivity contribution in [3.8, 4) is 0 Å². The van der Waals surface area contributed by atoms with Crippen LogP contribution < -0.4 is 5.32 Å². The van der Waals surface area contributed by atoms with Crippen molar-refractivity contribution in [1.82, 2.24) is 10.2 Å². The van der Waals surface area contributed by atoms with Gasteiger partial charge in [-0.05, 0) is 50.5 Å². The van der Waals surface area contributed by atoms with Crippen LogP contribution in [-0.4, -0.2) is 36.5 Å². The van der Waals surface area contributed by atoms with Gasteiger partial charge in [0.2, 0.25) is 5.91 Å². The average Bonchev–Trinajstić information content (AvgIpc) is 2.79. The van der Waals surface area contributed by atoms with E-state index in [0.29, 0.717) is 17.4 Å². The Kier molecular flexibility index (Phi) is 4.66. The van der Waals surface area contributed by atoms with Gasteiger partial charge in [-0.15, -0.1) is 0 Å². The highest BCUT2D eigenvalue weighted by molar-refractivity contribution is 5.76. The molecule has 1 unspecified atom stereocenters. The minimum absolute atomic E-state index is 0.345. The second kappa shape index (κ2) is 6.05. The monoisotopic (exact) mass is 252 g/mol. The maximum atomic E-state index is 12.0. The van der Waals surface area contributed by atoms with E-state index in [-0.39, 0.29) is 0 Å². The predicted octanol–water partition coefficient (Wildman–Crippen LogP) is 2.56. The lowest BCUT2D eigenvalue weighted by Crippen LogP contribution is -2.32. The Hall–Kier alpha value is -0.570. The van der Waals surface area contributed by atoms with Crippen molar-refractivity contribution < 1.29 is 4.79 Å². The van der Waals surface area contributed by atoms with Gasteiger partial charge in [0, 0.05) is 25.6 Å². The molecule has 0 aromatic rings. The van der Waals surface area contributed by atoms with Crippen LogP contribution in [0.4, 0.5) is 0 Å². The van der Waals surface area contributed by atoms with Gasteiger partial charge in [-0.3, -0.25) is 4.79 Å². The molecule has 0 aromatic carbocycles. The molecule has 0 bridgehead atoms. The van der Waals surface area contributed by atoms with Gasteiger partial charge in [0.25, 0.3) is 0 Å². The first-order chi connectivity index (χ1) is 8.57. The van der Waals surface area contributed by atoms with Crippen molar-refractivity contribution >= 4 is 5.91 Å². The van der Waals surface area contributed by atoms with E-state index in [1.165, 1.54) is 25.8 Å². The number of nitrogens with one attached hydrogen (secondary N) is 1. The van der Waals surface area contributed by atoms with Gasteiger partial charge in [-0.25, -0.2) is 0 Å². The van der Waals surface area contributed by atoms with Crippen molar-refractivity contribution in [2.45, 2.75) is 64.8 Å². The van der Waals surface area contributed by atoms with E-state index in [1.807, 2.05) is 0 Å². The summed E-state index contributed by atoms with van der Waals surface area (Å²) in [6.07, 6.45) is 7.97. The molecule has 2 aliphatic heterocycles. The maximum absolute atomic E-state index is 12.0. The lowest BCUT2D eigenvalue weighted by atomic mass is 9.85. The van der Waals surface area contributed by atoms with Crippen LogP contribution in [0.1, 0.15) is 58.8 Å². The third-order valence-corrected chi connectivity index (χ3v) is 4.57. The molecule has 2 fully saturated rings. The molecule has 2 heterocycles. The van der Waals surface area contributed by atoms with E-state index in [9.17, 15) is 4.79 Å². The summed E-state index contributed by atoms with van der Waals surface area (Å²) in [7, 11) is 0. The average molecular weight is 252 g/mol. The van der Waals surface area contributed by atoms with E-state index in [1.54, 1.807) is 0 Å². The molecule has 3 nitrogen and oxygen atoms in total. The Morgan fingerprint density at radius 2 is 2.22 bits per heavy atom. The van der Waals surface area contributed by atoms with Crippen molar-refractivity contribution in [3.05, 3.63) is 0 Å². The first kappa shape index (κ1) is 13.9. The van der Waals surface area contributed by atoms with Crippen molar-refractivity contribution in [2.24, 2.45) is 5.41 Å². The number of amides is 1. The van der Waals surface area contributed by atoms with Crippen LogP contribution in [-0.2, 0) is 4.79 Å². The standard InChI is InChI=1S/C15H28N2O/c1-15(2)8-7-14(18)17(12-9-15)11-4-6-13-5-3-10-16-13/h13,16H,3-12H2,1-2H3. The topological polar surface area (TPSA) is 32.3 Å². The minimum atomic E-state index is 0.345. The molecule has 1 atom stereocenters. The molecule has 2 aliphatic rings. The summed E-state index contributed by atoms with van der Waals surface area (Å²) in [6, 6.07) is 0.712. The van der Waals surface area contributed by atoms with Gasteiger partial charge in [0.05, 0.1) is 0 Å². The second-order valence-electron chi connectivity index (χ2n) is 6.73. The highest BCUT2D eigenvalue weighted by Crippen LogP contribution is 2.30. The molecular weight excluding hydrogens is 224 g/mol. The largest absolute Gasteiger partial charge is 0.343 e. The number of rotatable bonds is 4. The van der Waals surface area contributed by atoms with Gasteiger partial charge in [0.1, 0.15) is 0 Å². The number of hydrogen-bond acceptors (Lipinski definition) is 2. The van der Waals surface area contributed by atoms with Crippen LogP contribution in [0.3, 0.4) is 0 Å². The van der Waals surface area contributed by atoms with Gasteiger partial charge in [-0.2, -0.15) is 0 Å². The van der Waals surface area contributed by atoms with Crippen LogP contribution in [0.5, 0.6) is 0 Å². The molecule has 0 aromatic heterocycles. The van der Waals surface area contributed by atoms with Crippen LogP contribution in [0, 0.1) is 5.41 Å². The van der Waals surface area contributed by atoms with Crippen LogP contribution in [0.15, 0.2) is 0 Å². The smallest absolute Gasteiger partial charge is 0.222 e. The quantitative estimate of drug-likeness (QED) is 0.834. The molecule has 18 heavy (non-hydrogen) atoms. The molecule has 0 saturated carbocycles. The molecule has 2 rings (SSSR count). The molecular formula is C15H28N2O. The Bertz CT molecular complexity index is 282. The van der Waals surface area contributed by atoms with Gasteiger partial charge >= 0.3 is 0 Å². The zero-order valence-electron chi connectivity index (χ0n) is 12.0. The number of carbonyl (C=O) groups excluding carboxylic acids is 1. The first-order valence-corrected chi connectivity index (χ1v) is 7.58. The van der Waals surface area contributed by atoms with E-state index in [0.717, 1.165) is 38.8 Å². The van der Waals surface area contributed by atoms with Crippen molar-refractivity contribution in [2.75, 3.05) is 19.6 Å². The Balaban J connectivity index is 1.72. The minimum Gasteiger partial charge on any atom is -0.343 e. The van der Waals surface area contributed by atoms with Gasteiger partial charge < -0.3 is 10.2 Å². The molecule has 0 radical (unpaired) electrons. The SMILES string of the molecule is CC1(C)CCC(=O)N(CCCC2CCCN2)CC1. The fourth-order valence-corrected chi connectivity index (χ4v) is 3.06. The van der Waals surface area contributed by atoms with E-state index in [2.05, 4.69) is 24.1 Å². The Labute approximate surface area is 111 Å². The highest BCUT2D eigenvalue weighted by Gasteiger charge is 2.27. The third-order valence-electron chi connectivity index (χ3n) is 4.57. The van der Waals surface area contributed by atoms with E-state index < -0.39 is 0 Å². The van der Waals surface area contributed by atoms with Crippen LogP contribution in [0.25, 0.3) is 0 Å². The summed E-state index contributed by atoms with van der Waals surface area (Å²) >= 11 is 0. The Morgan fingerprint density at radius 3 is 2.94 bits per heavy atom. The number of likely N-dealkylation sites (tertiary alicyclic amines) is 1. The zero-order valence-corrected chi connectivity index (χ0v) is 12.0. The van der Waals surface area contributed by atoms with E-state index in [4.69, 9.17) is 0 Å². The van der Waals surface area contributed by atoms with Gasteiger partial charge in [-0.1, -0.05) is 13.8 Å². The van der Waals surface area contributed by atoms with Crippen LogP contribution in [0.2, 0.25) is 0 Å². The predicted molar refractivity (Wildman–Crippen MR) is 74.5 cm³/mol. The number of hydrogen-bond donors (Lipinski definition) is 1. The molecule has 0 aliphatic carbocycles. The lowest BCUT2D eigenvalue weighted by molar-refractivity contribution is -0.130. The highest BCUT2D eigenvalue weighted by atomic mass is 16.2. The summed E-state index contributed by atoms with van der Waals surface area (Å²) in [5.74, 6) is 0.375. The second-order valence-corrected chi connectivity index (χ2v) is 6.73. The fraction of sp³-hybridized carbons (Fsp3) is 0.933. The first-order valence-electron chi connectivity index (χ1n) is 7.58. The molecule has 0 spiro atoms. The normalized spacial score (nSPS) is 28.4. The summed E-state index contributed by atoms with van der Waals surface area (Å²) in [5.41, 5.74) is 0.345. The Morgan fingerprint density at radius 1 is 1.39 bits per heavy atom. The van der Waals surface area contributed by atoms with Gasteiger partial charge in [0.15, 0.2) is 0 Å². The van der Waals surface area contributed by atoms with Crippen molar-refractivity contribution in [3.63, 3.8) is 0 Å². The lowest BCUT2D eigenvalue weighted by Gasteiger charge is -2.24. The number of nitrogens with zero attached hydrogens (tertiary/aromatic N) is 1. The van der Waals surface area contributed by atoms with Crippen molar-refractivity contribution in [1.29, 1.82) is 0 Å². The maximum Gasteiger partial charge on any atom is 0.222 e. The molecule has 1 N–H and O–H groups in total. The summed E-state index contributed by atoms with van der Waals surface area (Å²) < 4.78 is 0.